The van der Waals surface area contributed by atoms with Crippen LogP contribution in [-0.2, 0) is 4.79 Å². The number of rotatable bonds is 5. The molecule has 0 radical (unpaired) electrons. The van der Waals surface area contributed by atoms with Gasteiger partial charge in [0.15, 0.2) is 0 Å². The Morgan fingerprint density at radius 3 is 2.65 bits per heavy atom. The quantitative estimate of drug-likeness (QED) is 0.475. The molecule has 34 heavy (non-hydrogen) atoms. The number of piperidine rings is 1. The topological polar surface area (TPSA) is 73.0 Å². The molecule has 0 aliphatic carbocycles. The minimum absolute atomic E-state index is 0.110. The van der Waals surface area contributed by atoms with Crippen molar-refractivity contribution in [3.8, 4) is 0 Å². The number of hydrogen-bond donors (Lipinski definition) is 3. The molecule has 6 nitrogen and oxygen atoms in total. The largest absolute Gasteiger partial charge is 0.382 e. The number of carbonyl (C=O) groups excluding carboxylic acids is 1. The molecule has 2 aromatic carbocycles. The average Bonchev–Trinajstić information content (AvgIpc) is 3.39. The van der Waals surface area contributed by atoms with Crippen LogP contribution in [0, 0.1) is 18.6 Å². The highest BCUT2D eigenvalue weighted by Crippen LogP contribution is 2.41. The molecule has 2 aliphatic rings. The maximum atomic E-state index is 14.9. The molecule has 0 unspecified atom stereocenters. The van der Waals surface area contributed by atoms with E-state index in [1.807, 2.05) is 25.1 Å². The molecule has 1 fully saturated rings. The van der Waals surface area contributed by atoms with Crippen molar-refractivity contribution >= 4 is 28.4 Å². The van der Waals surface area contributed by atoms with Gasteiger partial charge in [-0.2, -0.15) is 0 Å². The van der Waals surface area contributed by atoms with Gasteiger partial charge in [0, 0.05) is 65.2 Å². The lowest BCUT2D eigenvalue weighted by atomic mass is 9.94. The van der Waals surface area contributed by atoms with E-state index in [-0.39, 0.29) is 11.5 Å². The number of anilines is 2. The van der Waals surface area contributed by atoms with Crippen molar-refractivity contribution in [2.45, 2.75) is 32.7 Å². The molecule has 3 N–H and O–H groups in total. The van der Waals surface area contributed by atoms with Crippen LogP contribution in [0.1, 0.15) is 42.4 Å². The number of nitrogens with zero attached hydrogens (tertiary/aromatic N) is 2. The van der Waals surface area contributed by atoms with Gasteiger partial charge in [0.05, 0.1) is 5.57 Å². The number of amides is 1. The minimum Gasteiger partial charge on any atom is -0.382 e. The third-order valence-corrected chi connectivity index (χ3v) is 6.56. The molecule has 1 aromatic heterocycles. The van der Waals surface area contributed by atoms with Crippen LogP contribution in [0.4, 0.5) is 20.2 Å². The van der Waals surface area contributed by atoms with Crippen LogP contribution >= 0.6 is 0 Å². The van der Waals surface area contributed by atoms with E-state index in [0.717, 1.165) is 49.9 Å². The van der Waals surface area contributed by atoms with Crippen molar-refractivity contribution in [1.29, 1.82) is 0 Å². The molecule has 5 rings (SSSR count). The molecule has 0 bridgehead atoms. The lowest BCUT2D eigenvalue weighted by Gasteiger charge is -2.32. The van der Waals surface area contributed by atoms with Gasteiger partial charge in [-0.1, -0.05) is 6.92 Å². The molecule has 0 saturated carbocycles. The maximum Gasteiger partial charge on any atom is 0.257 e. The molecule has 1 amide bonds. The second-order valence-corrected chi connectivity index (χ2v) is 8.86. The highest BCUT2D eigenvalue weighted by molar-refractivity contribution is 6.38. The summed E-state index contributed by atoms with van der Waals surface area (Å²) >= 11 is 0. The molecule has 3 aromatic rings. The number of imidazole rings is 1. The smallest absolute Gasteiger partial charge is 0.257 e. The second kappa shape index (κ2) is 9.02. The van der Waals surface area contributed by atoms with Gasteiger partial charge in [-0.15, -0.1) is 0 Å². The van der Waals surface area contributed by atoms with Gasteiger partial charge >= 0.3 is 0 Å². The number of halogens is 2. The Morgan fingerprint density at radius 1 is 1.18 bits per heavy atom. The molecular formula is C26H27F2N5O. The molecule has 0 atom stereocenters. The Labute approximate surface area is 197 Å². The van der Waals surface area contributed by atoms with Gasteiger partial charge in [0.1, 0.15) is 17.5 Å². The predicted molar refractivity (Wildman–Crippen MR) is 129 cm³/mol. The fourth-order valence-electron chi connectivity index (χ4n) is 4.75. The number of aryl methyl sites for hydroxylation is 1. The summed E-state index contributed by atoms with van der Waals surface area (Å²) in [6.07, 6.45) is 3.71. The van der Waals surface area contributed by atoms with Gasteiger partial charge in [-0.25, -0.2) is 13.8 Å². The van der Waals surface area contributed by atoms with Crippen molar-refractivity contribution in [3.63, 3.8) is 0 Å². The number of aromatic nitrogens is 2. The van der Waals surface area contributed by atoms with Crippen LogP contribution in [0.15, 0.2) is 42.6 Å². The highest BCUT2D eigenvalue weighted by atomic mass is 19.1. The third-order valence-electron chi connectivity index (χ3n) is 6.56. The van der Waals surface area contributed by atoms with Crippen LogP contribution in [0.3, 0.4) is 0 Å². The van der Waals surface area contributed by atoms with E-state index in [1.54, 1.807) is 6.20 Å². The first-order valence-corrected chi connectivity index (χ1v) is 11.6. The van der Waals surface area contributed by atoms with Gasteiger partial charge in [0.25, 0.3) is 5.91 Å². The number of hydrogen-bond acceptors (Lipinski definition) is 4. The molecule has 0 spiro atoms. The van der Waals surface area contributed by atoms with Gasteiger partial charge < -0.3 is 20.5 Å². The van der Waals surface area contributed by atoms with Crippen molar-refractivity contribution in [1.82, 2.24) is 14.9 Å². The minimum atomic E-state index is -0.755. The van der Waals surface area contributed by atoms with Crippen molar-refractivity contribution in [3.05, 3.63) is 76.9 Å². The third kappa shape index (κ3) is 4.21. The van der Waals surface area contributed by atoms with E-state index in [1.165, 1.54) is 12.1 Å². The van der Waals surface area contributed by atoms with Crippen molar-refractivity contribution in [2.75, 3.05) is 30.3 Å². The SMILES string of the molecule is CCN1CCC(Nc2ccc3c(c2)C(=C(c2ncc(C)[nH]2)c2ccc(F)cc2F)C(=O)N3)CC1. The zero-order valence-corrected chi connectivity index (χ0v) is 19.2. The van der Waals surface area contributed by atoms with Gasteiger partial charge in [0.2, 0.25) is 0 Å². The van der Waals surface area contributed by atoms with E-state index >= 15 is 0 Å². The number of H-pyrrole nitrogens is 1. The predicted octanol–water partition coefficient (Wildman–Crippen LogP) is 4.80. The number of nitrogens with one attached hydrogen (secondary N) is 3. The van der Waals surface area contributed by atoms with Crippen molar-refractivity contribution < 1.29 is 13.6 Å². The lowest BCUT2D eigenvalue weighted by molar-refractivity contribution is -0.110. The molecular weight excluding hydrogens is 436 g/mol. The van der Waals surface area contributed by atoms with Gasteiger partial charge in [-0.05, 0) is 56.6 Å². The van der Waals surface area contributed by atoms with E-state index in [4.69, 9.17) is 0 Å². The van der Waals surface area contributed by atoms with Gasteiger partial charge in [-0.3, -0.25) is 4.79 Å². The monoisotopic (exact) mass is 463 g/mol. The normalized spacial score (nSPS) is 18.1. The Hall–Kier alpha value is -3.52. The van der Waals surface area contributed by atoms with Crippen LogP contribution in [0.5, 0.6) is 0 Å². The summed E-state index contributed by atoms with van der Waals surface area (Å²) in [4.78, 5) is 23.0. The van der Waals surface area contributed by atoms with E-state index in [9.17, 15) is 13.6 Å². The lowest BCUT2D eigenvalue weighted by Crippen LogP contribution is -2.38. The summed E-state index contributed by atoms with van der Waals surface area (Å²) in [5, 5.41) is 6.48. The molecule has 2 aliphatic heterocycles. The first-order valence-electron chi connectivity index (χ1n) is 11.6. The van der Waals surface area contributed by atoms with E-state index in [0.29, 0.717) is 34.3 Å². The summed E-state index contributed by atoms with van der Waals surface area (Å²) in [6, 6.07) is 9.42. The first-order chi connectivity index (χ1) is 16.4. The number of fused-ring (bicyclic) bond motifs is 1. The zero-order valence-electron chi connectivity index (χ0n) is 19.2. The fraction of sp³-hybridized carbons (Fsp3) is 0.308. The second-order valence-electron chi connectivity index (χ2n) is 8.86. The summed E-state index contributed by atoms with van der Waals surface area (Å²) in [6.45, 7) is 7.16. The summed E-state index contributed by atoms with van der Waals surface area (Å²) in [7, 11) is 0. The Kier molecular flexibility index (Phi) is 5.91. The van der Waals surface area contributed by atoms with E-state index < -0.39 is 11.6 Å². The van der Waals surface area contributed by atoms with E-state index in [2.05, 4.69) is 32.4 Å². The number of carbonyl (C=O) groups is 1. The number of benzene rings is 2. The van der Waals surface area contributed by atoms with Crippen LogP contribution in [0.2, 0.25) is 0 Å². The van der Waals surface area contributed by atoms with Crippen LogP contribution in [0.25, 0.3) is 11.1 Å². The molecule has 8 heteroatoms. The van der Waals surface area contributed by atoms with Crippen LogP contribution in [-0.4, -0.2) is 46.5 Å². The van der Waals surface area contributed by atoms with Crippen LogP contribution < -0.4 is 10.6 Å². The fourth-order valence-corrected chi connectivity index (χ4v) is 4.75. The summed E-state index contributed by atoms with van der Waals surface area (Å²) in [5.74, 6) is -1.43. The first kappa shape index (κ1) is 22.3. The average molecular weight is 464 g/mol. The van der Waals surface area contributed by atoms with Crippen molar-refractivity contribution in [2.24, 2.45) is 0 Å². The molecule has 3 heterocycles. The Balaban J connectivity index is 1.59. The standard InChI is InChI=1S/C26H27F2N5O/c1-3-33-10-8-17(9-11-33)31-18-5-7-22-20(13-18)24(26(34)32-22)23(25-29-14-15(2)30-25)19-6-4-16(27)12-21(19)28/h4-7,12-14,17,31H,3,8-11H2,1-2H3,(H,29,30)(H,32,34). The summed E-state index contributed by atoms with van der Waals surface area (Å²) < 4.78 is 28.6. The number of aromatic amines is 1. The number of likely N-dealkylation sites (tertiary alicyclic amines) is 1. The maximum absolute atomic E-state index is 14.9. The Morgan fingerprint density at radius 2 is 1.97 bits per heavy atom. The highest BCUT2D eigenvalue weighted by Gasteiger charge is 2.31. The summed E-state index contributed by atoms with van der Waals surface area (Å²) in [5.41, 5.74) is 3.69. The zero-order chi connectivity index (χ0) is 23.8. The molecule has 176 valence electrons. The molecule has 1 saturated heterocycles. The Bertz CT molecular complexity index is 1270.